The van der Waals surface area contributed by atoms with Crippen LogP contribution in [-0.2, 0) is 10.5 Å². The Morgan fingerprint density at radius 2 is 2.04 bits per heavy atom. The molecule has 5 nitrogen and oxygen atoms in total. The van der Waals surface area contributed by atoms with E-state index in [1.807, 2.05) is 43.3 Å². The van der Waals surface area contributed by atoms with Gasteiger partial charge < -0.3 is 9.84 Å². The summed E-state index contributed by atoms with van der Waals surface area (Å²) in [6.07, 6.45) is 0. The molecule has 2 aromatic carbocycles. The normalized spacial score (nSPS) is 10.6. The van der Waals surface area contributed by atoms with E-state index in [-0.39, 0.29) is 5.91 Å². The van der Waals surface area contributed by atoms with Crippen LogP contribution >= 0.6 is 23.4 Å². The molecule has 3 aromatic rings. The van der Waals surface area contributed by atoms with Gasteiger partial charge in [-0.2, -0.15) is 4.98 Å². The van der Waals surface area contributed by atoms with Gasteiger partial charge in [-0.3, -0.25) is 4.79 Å². The van der Waals surface area contributed by atoms with E-state index in [4.69, 9.17) is 16.1 Å². The number of thioether (sulfide) groups is 1. The third-order valence-electron chi connectivity index (χ3n) is 3.34. The highest BCUT2D eigenvalue weighted by atomic mass is 35.5. The molecule has 0 aliphatic heterocycles. The van der Waals surface area contributed by atoms with Crippen LogP contribution in [-0.4, -0.2) is 21.8 Å². The first-order chi connectivity index (χ1) is 12.1. The maximum atomic E-state index is 11.9. The van der Waals surface area contributed by atoms with Gasteiger partial charge in [0.15, 0.2) is 0 Å². The van der Waals surface area contributed by atoms with E-state index in [2.05, 4.69) is 15.5 Å². The quantitative estimate of drug-likeness (QED) is 0.685. The van der Waals surface area contributed by atoms with Gasteiger partial charge in [0, 0.05) is 16.3 Å². The molecule has 0 saturated carbocycles. The van der Waals surface area contributed by atoms with Crippen LogP contribution in [0.2, 0.25) is 5.02 Å². The number of nitrogens with zero attached hydrogens (tertiary/aromatic N) is 2. The highest BCUT2D eigenvalue weighted by Gasteiger charge is 2.10. The average molecular weight is 374 g/mol. The second-order valence-corrected chi connectivity index (χ2v) is 6.85. The molecule has 0 aliphatic rings. The number of hydrogen-bond donors (Lipinski definition) is 1. The van der Waals surface area contributed by atoms with Crippen LogP contribution in [0, 0.1) is 6.92 Å². The Kier molecular flexibility index (Phi) is 5.73. The largest absolute Gasteiger partial charge is 0.338 e. The first kappa shape index (κ1) is 17.5. The highest BCUT2D eigenvalue weighted by Crippen LogP contribution is 2.21. The fourth-order valence-corrected chi connectivity index (χ4v) is 2.97. The second-order valence-electron chi connectivity index (χ2n) is 5.43. The minimum atomic E-state index is -0.0663. The van der Waals surface area contributed by atoms with Gasteiger partial charge in [-0.15, -0.1) is 11.8 Å². The zero-order valence-electron chi connectivity index (χ0n) is 13.5. The van der Waals surface area contributed by atoms with Crippen LogP contribution in [0.15, 0.2) is 53.1 Å². The molecule has 0 atom stereocenters. The Bertz CT molecular complexity index is 865. The Morgan fingerprint density at radius 3 is 2.80 bits per heavy atom. The lowest BCUT2D eigenvalue weighted by Gasteiger charge is -2.04. The van der Waals surface area contributed by atoms with Crippen molar-refractivity contribution in [2.24, 2.45) is 0 Å². The molecule has 0 fully saturated rings. The van der Waals surface area contributed by atoms with Crippen molar-refractivity contribution >= 4 is 35.0 Å². The zero-order valence-corrected chi connectivity index (χ0v) is 15.1. The molecular weight excluding hydrogens is 358 g/mol. The topological polar surface area (TPSA) is 68.0 Å². The first-order valence-electron chi connectivity index (χ1n) is 7.63. The summed E-state index contributed by atoms with van der Waals surface area (Å²) >= 11 is 7.37. The Morgan fingerprint density at radius 1 is 1.24 bits per heavy atom. The summed E-state index contributed by atoms with van der Waals surface area (Å²) in [5.74, 6) is 1.67. The fourth-order valence-electron chi connectivity index (χ4n) is 2.12. The third-order valence-corrected chi connectivity index (χ3v) is 4.50. The minimum absolute atomic E-state index is 0.0663. The molecule has 3 rings (SSSR count). The fraction of sp³-hybridized carbons (Fsp3) is 0.167. The maximum Gasteiger partial charge on any atom is 0.236 e. The summed E-state index contributed by atoms with van der Waals surface area (Å²) in [5.41, 5.74) is 2.74. The third kappa shape index (κ3) is 5.08. The lowest BCUT2D eigenvalue weighted by molar-refractivity contribution is -0.113. The minimum Gasteiger partial charge on any atom is -0.338 e. The summed E-state index contributed by atoms with van der Waals surface area (Å²) in [6.45, 7) is 2.00. The van der Waals surface area contributed by atoms with Crippen molar-refractivity contribution in [2.75, 3.05) is 11.1 Å². The number of halogens is 1. The van der Waals surface area contributed by atoms with Crippen molar-refractivity contribution in [2.45, 2.75) is 12.7 Å². The number of nitrogens with one attached hydrogen (secondary N) is 1. The Hall–Kier alpha value is -2.31. The Balaban J connectivity index is 1.49. The number of aryl methyl sites for hydroxylation is 1. The van der Waals surface area contributed by atoms with Gasteiger partial charge >= 0.3 is 0 Å². The van der Waals surface area contributed by atoms with Crippen molar-refractivity contribution in [3.63, 3.8) is 0 Å². The van der Waals surface area contributed by atoms with Crippen LogP contribution in [0.3, 0.4) is 0 Å². The van der Waals surface area contributed by atoms with Gasteiger partial charge in [-0.05, 0) is 31.2 Å². The predicted molar refractivity (Wildman–Crippen MR) is 101 cm³/mol. The maximum absolute atomic E-state index is 11.9. The number of carbonyl (C=O) groups excluding carboxylic acids is 1. The molecule has 128 valence electrons. The van der Waals surface area contributed by atoms with Crippen LogP contribution < -0.4 is 5.32 Å². The van der Waals surface area contributed by atoms with E-state index in [1.165, 1.54) is 11.8 Å². The molecule has 1 N–H and O–H groups in total. The van der Waals surface area contributed by atoms with E-state index >= 15 is 0 Å². The number of anilines is 1. The zero-order chi connectivity index (χ0) is 17.6. The van der Waals surface area contributed by atoms with Gasteiger partial charge in [0.2, 0.25) is 17.6 Å². The molecule has 0 bridgehead atoms. The molecule has 1 heterocycles. The molecule has 25 heavy (non-hydrogen) atoms. The van der Waals surface area contributed by atoms with Gasteiger partial charge in [-0.1, -0.05) is 46.6 Å². The van der Waals surface area contributed by atoms with Crippen molar-refractivity contribution < 1.29 is 9.32 Å². The number of amides is 1. The number of rotatable bonds is 6. The van der Waals surface area contributed by atoms with E-state index in [1.54, 1.807) is 12.1 Å². The van der Waals surface area contributed by atoms with Crippen LogP contribution in [0.25, 0.3) is 11.4 Å². The summed E-state index contributed by atoms with van der Waals surface area (Å²) in [4.78, 5) is 16.3. The molecule has 0 spiro atoms. The van der Waals surface area contributed by atoms with E-state index in [0.717, 1.165) is 16.8 Å². The van der Waals surface area contributed by atoms with Crippen LogP contribution in [0.5, 0.6) is 0 Å². The monoisotopic (exact) mass is 373 g/mol. The lowest BCUT2D eigenvalue weighted by Crippen LogP contribution is -2.14. The summed E-state index contributed by atoms with van der Waals surface area (Å²) in [6, 6.07) is 14.9. The predicted octanol–water partition coefficient (Wildman–Crippen LogP) is 4.57. The van der Waals surface area contributed by atoms with Crippen molar-refractivity contribution in [1.29, 1.82) is 0 Å². The smallest absolute Gasteiger partial charge is 0.236 e. The number of aromatic nitrogens is 2. The number of benzene rings is 2. The number of carbonyl (C=O) groups is 1. The van der Waals surface area contributed by atoms with E-state index in [0.29, 0.717) is 28.2 Å². The van der Waals surface area contributed by atoms with E-state index < -0.39 is 0 Å². The molecule has 7 heteroatoms. The van der Waals surface area contributed by atoms with Gasteiger partial charge in [0.05, 0.1) is 11.5 Å². The van der Waals surface area contributed by atoms with Crippen LogP contribution in [0.1, 0.15) is 11.5 Å². The van der Waals surface area contributed by atoms with Crippen molar-refractivity contribution in [3.05, 3.63) is 65.0 Å². The van der Waals surface area contributed by atoms with Gasteiger partial charge in [0.1, 0.15) is 0 Å². The summed E-state index contributed by atoms with van der Waals surface area (Å²) < 4.78 is 5.22. The Labute approximate surface area is 154 Å². The SMILES string of the molecule is Cc1ccc(NC(=O)CSCc2nc(-c3cccc(Cl)c3)no2)cc1. The lowest BCUT2D eigenvalue weighted by atomic mass is 10.2. The first-order valence-corrected chi connectivity index (χ1v) is 9.16. The molecule has 0 unspecified atom stereocenters. The molecule has 1 aromatic heterocycles. The number of hydrogen-bond acceptors (Lipinski definition) is 5. The van der Waals surface area contributed by atoms with Crippen molar-refractivity contribution in [3.8, 4) is 11.4 Å². The molecule has 0 radical (unpaired) electrons. The average Bonchev–Trinajstić information content (AvgIpc) is 3.06. The van der Waals surface area contributed by atoms with E-state index in [9.17, 15) is 4.79 Å². The van der Waals surface area contributed by atoms with Gasteiger partial charge in [0.25, 0.3) is 0 Å². The molecule has 0 saturated heterocycles. The molecule has 0 aliphatic carbocycles. The standard InChI is InChI=1S/C18H16ClN3O2S/c1-12-5-7-15(8-6-12)20-16(23)10-25-11-17-21-18(22-24-17)13-3-2-4-14(19)9-13/h2-9H,10-11H2,1H3,(H,20,23). The summed E-state index contributed by atoms with van der Waals surface area (Å²) in [5, 5.41) is 7.41. The second kappa shape index (κ2) is 8.18. The van der Waals surface area contributed by atoms with Crippen LogP contribution in [0.4, 0.5) is 5.69 Å². The van der Waals surface area contributed by atoms with Gasteiger partial charge in [-0.25, -0.2) is 0 Å². The molecule has 1 amide bonds. The summed E-state index contributed by atoms with van der Waals surface area (Å²) in [7, 11) is 0. The molecular formula is C18H16ClN3O2S. The van der Waals surface area contributed by atoms with Crippen molar-refractivity contribution in [1.82, 2.24) is 10.1 Å². The highest BCUT2D eigenvalue weighted by molar-refractivity contribution is 7.99.